The van der Waals surface area contributed by atoms with Crippen LogP contribution < -0.4 is 4.74 Å². The third kappa shape index (κ3) is 2.57. The molecule has 1 unspecified atom stereocenters. The van der Waals surface area contributed by atoms with Crippen LogP contribution in [0.1, 0.15) is 18.1 Å². The van der Waals surface area contributed by atoms with Gasteiger partial charge in [-0.1, -0.05) is 6.07 Å². The first-order valence-electron chi connectivity index (χ1n) is 6.29. The molecule has 3 aromatic rings. The molecule has 0 bridgehead atoms. The van der Waals surface area contributed by atoms with E-state index < -0.39 is 0 Å². The highest BCUT2D eigenvalue weighted by atomic mass is 127. The third-order valence-electron chi connectivity index (χ3n) is 3.05. The normalized spacial score (nSPS) is 12.6. The fourth-order valence-corrected chi connectivity index (χ4v) is 2.85. The highest BCUT2D eigenvalue weighted by molar-refractivity contribution is 14.1. The lowest BCUT2D eigenvalue weighted by molar-refractivity contribution is 0.401. The minimum Gasteiger partial charge on any atom is -0.479 e. The molecule has 2 heterocycles. The van der Waals surface area contributed by atoms with Crippen LogP contribution in [0.25, 0.3) is 16.9 Å². The summed E-state index contributed by atoms with van der Waals surface area (Å²) in [4.78, 5) is 13.0. The van der Waals surface area contributed by atoms with Gasteiger partial charge in [-0.15, -0.1) is 11.6 Å². The van der Waals surface area contributed by atoms with Gasteiger partial charge in [-0.3, -0.25) is 4.57 Å². The number of ether oxygens (including phenoxy) is 1. The third-order valence-corrected chi connectivity index (χ3v) is 3.92. The van der Waals surface area contributed by atoms with Crippen LogP contribution >= 0.6 is 34.2 Å². The number of imidazole rings is 1. The molecule has 1 aromatic carbocycles. The molecular weight excluding hydrogens is 403 g/mol. The average Bonchev–Trinajstić information content (AvgIpc) is 2.86. The molecule has 0 aliphatic carbocycles. The van der Waals surface area contributed by atoms with Crippen LogP contribution in [0.4, 0.5) is 0 Å². The number of alkyl halides is 1. The number of nitrogens with zero attached hydrogens (tertiary/aromatic N) is 4. The lowest BCUT2D eigenvalue weighted by atomic mass is 10.3. The van der Waals surface area contributed by atoms with Crippen LogP contribution in [0, 0.1) is 3.57 Å². The Bertz CT molecular complexity index is 803. The summed E-state index contributed by atoms with van der Waals surface area (Å²) in [7, 11) is 1.57. The van der Waals surface area contributed by atoms with Crippen molar-refractivity contribution in [3.63, 3.8) is 0 Å². The molecule has 7 heteroatoms. The standard InChI is InChI=1S/C14H12ClIN4O/c1-8(15)12-19-11-13(17-7-18-14(11)21-2)20(12)10-5-3-4-9(16)6-10/h3-8H,1-2H3. The van der Waals surface area contributed by atoms with Crippen LogP contribution in [0.3, 0.4) is 0 Å². The Morgan fingerprint density at radius 1 is 1.33 bits per heavy atom. The van der Waals surface area contributed by atoms with Crippen LogP contribution in [0.5, 0.6) is 5.88 Å². The van der Waals surface area contributed by atoms with Crippen molar-refractivity contribution < 1.29 is 4.74 Å². The van der Waals surface area contributed by atoms with Crippen molar-refractivity contribution in [2.75, 3.05) is 7.11 Å². The largest absolute Gasteiger partial charge is 0.479 e. The molecule has 0 fully saturated rings. The summed E-state index contributed by atoms with van der Waals surface area (Å²) in [6, 6.07) is 8.08. The van der Waals surface area contributed by atoms with Gasteiger partial charge in [0.15, 0.2) is 11.2 Å². The Hall–Kier alpha value is -1.41. The maximum Gasteiger partial charge on any atom is 0.245 e. The van der Waals surface area contributed by atoms with E-state index in [1.165, 1.54) is 6.33 Å². The minimum absolute atomic E-state index is 0.262. The monoisotopic (exact) mass is 414 g/mol. The number of methoxy groups -OCH3 is 1. The van der Waals surface area contributed by atoms with Gasteiger partial charge in [0.05, 0.1) is 12.5 Å². The summed E-state index contributed by atoms with van der Waals surface area (Å²) in [5.41, 5.74) is 2.26. The number of rotatable bonds is 3. The minimum atomic E-state index is -0.262. The number of fused-ring (bicyclic) bond motifs is 1. The van der Waals surface area contributed by atoms with E-state index in [4.69, 9.17) is 16.3 Å². The van der Waals surface area contributed by atoms with E-state index in [-0.39, 0.29) is 5.38 Å². The van der Waals surface area contributed by atoms with Crippen LogP contribution in [0.2, 0.25) is 0 Å². The highest BCUT2D eigenvalue weighted by Gasteiger charge is 2.20. The molecule has 2 aromatic heterocycles. The predicted molar refractivity (Wildman–Crippen MR) is 90.2 cm³/mol. The lowest BCUT2D eigenvalue weighted by Gasteiger charge is -2.10. The zero-order chi connectivity index (χ0) is 15.0. The van der Waals surface area contributed by atoms with Crippen LogP contribution in [-0.4, -0.2) is 26.6 Å². The van der Waals surface area contributed by atoms with Gasteiger partial charge in [0.25, 0.3) is 0 Å². The van der Waals surface area contributed by atoms with Crippen molar-refractivity contribution in [1.82, 2.24) is 19.5 Å². The quantitative estimate of drug-likeness (QED) is 0.484. The van der Waals surface area contributed by atoms with E-state index in [1.807, 2.05) is 29.7 Å². The Kier molecular flexibility index (Phi) is 3.99. The van der Waals surface area contributed by atoms with E-state index in [0.29, 0.717) is 22.9 Å². The van der Waals surface area contributed by atoms with Gasteiger partial charge < -0.3 is 4.74 Å². The van der Waals surface area contributed by atoms with Crippen molar-refractivity contribution in [2.24, 2.45) is 0 Å². The Morgan fingerprint density at radius 3 is 2.81 bits per heavy atom. The second-order valence-electron chi connectivity index (χ2n) is 4.46. The van der Waals surface area contributed by atoms with E-state index in [2.05, 4.69) is 43.6 Å². The maximum atomic E-state index is 6.29. The van der Waals surface area contributed by atoms with Crippen molar-refractivity contribution in [2.45, 2.75) is 12.3 Å². The first-order chi connectivity index (χ1) is 10.1. The lowest BCUT2D eigenvalue weighted by Crippen LogP contribution is -2.03. The van der Waals surface area contributed by atoms with Gasteiger partial charge in [-0.05, 0) is 47.7 Å². The predicted octanol–water partition coefficient (Wildman–Crippen LogP) is 3.73. The van der Waals surface area contributed by atoms with Gasteiger partial charge in [-0.2, -0.15) is 4.98 Å². The number of hydrogen-bond donors (Lipinski definition) is 0. The summed E-state index contributed by atoms with van der Waals surface area (Å²) in [6.45, 7) is 1.88. The molecular formula is C14H12ClIN4O. The molecule has 0 aliphatic heterocycles. The smallest absolute Gasteiger partial charge is 0.245 e. The fourth-order valence-electron chi connectivity index (χ4n) is 2.17. The number of aromatic nitrogens is 4. The van der Waals surface area contributed by atoms with Crippen molar-refractivity contribution >= 4 is 45.4 Å². The first-order valence-corrected chi connectivity index (χ1v) is 7.80. The van der Waals surface area contributed by atoms with E-state index >= 15 is 0 Å². The second-order valence-corrected chi connectivity index (χ2v) is 6.36. The molecule has 0 aliphatic rings. The van der Waals surface area contributed by atoms with Gasteiger partial charge in [-0.25, -0.2) is 9.97 Å². The molecule has 3 rings (SSSR count). The van der Waals surface area contributed by atoms with Gasteiger partial charge in [0, 0.05) is 9.26 Å². The van der Waals surface area contributed by atoms with Crippen molar-refractivity contribution in [1.29, 1.82) is 0 Å². The zero-order valence-electron chi connectivity index (χ0n) is 11.4. The summed E-state index contributed by atoms with van der Waals surface area (Å²) in [6.07, 6.45) is 1.47. The number of hydrogen-bond acceptors (Lipinski definition) is 4. The van der Waals surface area contributed by atoms with Crippen molar-refractivity contribution in [3.05, 3.63) is 40.0 Å². The average molecular weight is 415 g/mol. The molecule has 0 saturated carbocycles. The fraction of sp³-hybridized carbons (Fsp3) is 0.214. The summed E-state index contributed by atoms with van der Waals surface area (Å²) in [5.74, 6) is 1.16. The molecule has 5 nitrogen and oxygen atoms in total. The molecule has 1 atom stereocenters. The second kappa shape index (κ2) is 5.76. The number of halogens is 2. The topological polar surface area (TPSA) is 52.8 Å². The highest BCUT2D eigenvalue weighted by Crippen LogP contribution is 2.30. The summed E-state index contributed by atoms with van der Waals surface area (Å²) >= 11 is 8.56. The molecule has 108 valence electrons. The van der Waals surface area contributed by atoms with Crippen LogP contribution in [-0.2, 0) is 0 Å². The molecule has 0 amide bonds. The van der Waals surface area contributed by atoms with E-state index in [0.717, 1.165) is 9.26 Å². The Morgan fingerprint density at radius 2 is 2.14 bits per heavy atom. The Labute approximate surface area is 140 Å². The summed E-state index contributed by atoms with van der Waals surface area (Å²) in [5, 5.41) is -0.262. The van der Waals surface area contributed by atoms with Gasteiger partial charge in [0.2, 0.25) is 5.88 Å². The molecule has 0 radical (unpaired) electrons. The SMILES string of the molecule is COc1ncnc2c1nc(C(C)Cl)n2-c1cccc(I)c1. The number of benzene rings is 1. The van der Waals surface area contributed by atoms with Crippen LogP contribution in [0.15, 0.2) is 30.6 Å². The van der Waals surface area contributed by atoms with E-state index in [9.17, 15) is 0 Å². The van der Waals surface area contributed by atoms with Crippen molar-refractivity contribution in [3.8, 4) is 11.6 Å². The molecule has 0 saturated heterocycles. The van der Waals surface area contributed by atoms with Gasteiger partial charge >= 0.3 is 0 Å². The summed E-state index contributed by atoms with van der Waals surface area (Å²) < 4.78 is 8.33. The first kappa shape index (κ1) is 14.5. The molecule has 21 heavy (non-hydrogen) atoms. The molecule has 0 spiro atoms. The Balaban J connectivity index is 2.36. The maximum absolute atomic E-state index is 6.29. The van der Waals surface area contributed by atoms with E-state index in [1.54, 1.807) is 7.11 Å². The zero-order valence-corrected chi connectivity index (χ0v) is 14.3. The van der Waals surface area contributed by atoms with Gasteiger partial charge in [0.1, 0.15) is 12.2 Å². The molecule has 0 N–H and O–H groups in total.